The standard InChI is InChI=1S/C17H14N6O5.C13H23NO2.CH4.ClH/c18-13-6-23-11(16(26)27)4-10(21-17(23)22-13)15(25)19-5-8-1-2-12-9(3-8)20-14(24)7-28-12;1-3-16-11(15)13-7-4-12(5-8-13,6-9-13)10(2)14;;/h1-4,6H,5,7,18H2,(H,19,25)(H,20,24)(H,26,27);10H,3-9,14H2,1-2H3;1H4;1H. The summed E-state index contributed by atoms with van der Waals surface area (Å²) < 4.78 is 11.7. The molecule has 7 N–H and O–H groups in total. The Bertz CT molecular complexity index is 1600. The van der Waals surface area contributed by atoms with Crippen molar-refractivity contribution in [2.24, 2.45) is 16.6 Å². The summed E-state index contributed by atoms with van der Waals surface area (Å²) in [6.45, 7) is 4.59. The van der Waals surface area contributed by atoms with Crippen LogP contribution in [-0.4, -0.2) is 62.5 Å². The van der Waals surface area contributed by atoms with Gasteiger partial charge in [-0.25, -0.2) is 9.78 Å². The number of imidazole rings is 1. The van der Waals surface area contributed by atoms with Crippen molar-refractivity contribution in [1.29, 1.82) is 0 Å². The number of hydrogen-bond donors (Lipinski definition) is 5. The number of nitrogens with one attached hydrogen (secondary N) is 2. The van der Waals surface area contributed by atoms with Gasteiger partial charge >= 0.3 is 11.9 Å². The summed E-state index contributed by atoms with van der Waals surface area (Å²) in [5.41, 5.74) is 12.8. The number of nitrogens with two attached hydrogens (primary N) is 2. The summed E-state index contributed by atoms with van der Waals surface area (Å²) in [7, 11) is 0. The molecule has 3 heterocycles. The predicted molar refractivity (Wildman–Crippen MR) is 173 cm³/mol. The van der Waals surface area contributed by atoms with Crippen LogP contribution in [0.4, 0.5) is 11.5 Å². The number of aromatic carboxylic acids is 1. The summed E-state index contributed by atoms with van der Waals surface area (Å²) in [5, 5.41) is 14.7. The number of hydrogen-bond acceptors (Lipinski definition) is 10. The molecule has 2 bridgehead atoms. The molecule has 3 saturated carbocycles. The molecule has 7 rings (SSSR count). The van der Waals surface area contributed by atoms with Gasteiger partial charge in [-0.3, -0.25) is 18.8 Å². The number of benzene rings is 1. The Labute approximate surface area is 273 Å². The van der Waals surface area contributed by atoms with E-state index in [4.69, 9.17) is 20.9 Å². The van der Waals surface area contributed by atoms with Crippen LogP contribution in [0, 0.1) is 10.8 Å². The summed E-state index contributed by atoms with van der Waals surface area (Å²) in [4.78, 5) is 55.3. The number of anilines is 2. The first-order valence-corrected chi connectivity index (χ1v) is 14.6. The van der Waals surface area contributed by atoms with E-state index in [0.717, 1.165) is 44.6 Å². The second-order valence-corrected chi connectivity index (χ2v) is 11.7. The Kier molecular flexibility index (Phi) is 11.2. The number of ether oxygens (including phenoxy) is 2. The van der Waals surface area contributed by atoms with Gasteiger partial charge in [-0.1, -0.05) is 13.5 Å². The molecule has 250 valence electrons. The highest BCUT2D eigenvalue weighted by Gasteiger charge is 2.54. The van der Waals surface area contributed by atoms with Crippen molar-refractivity contribution < 1.29 is 33.8 Å². The third kappa shape index (κ3) is 7.18. The maximum Gasteiger partial charge on any atom is 0.353 e. The molecule has 2 aromatic heterocycles. The fourth-order valence-electron chi connectivity index (χ4n) is 6.27. The largest absolute Gasteiger partial charge is 0.482 e. The molecule has 0 saturated heterocycles. The lowest BCUT2D eigenvalue weighted by Gasteiger charge is -2.53. The van der Waals surface area contributed by atoms with E-state index in [0.29, 0.717) is 29.0 Å². The lowest BCUT2D eigenvalue weighted by molar-refractivity contribution is -0.166. The van der Waals surface area contributed by atoms with Crippen molar-refractivity contribution >= 4 is 53.4 Å². The van der Waals surface area contributed by atoms with Gasteiger partial charge in [-0.05, 0) is 75.5 Å². The average Bonchev–Trinajstić information content (AvgIpc) is 3.40. The van der Waals surface area contributed by atoms with E-state index in [9.17, 15) is 24.3 Å². The quantitative estimate of drug-likeness (QED) is 0.231. The molecule has 1 atom stereocenters. The van der Waals surface area contributed by atoms with E-state index < -0.39 is 11.9 Å². The number of carboxylic acids is 1. The highest BCUT2D eigenvalue weighted by molar-refractivity contribution is 5.96. The monoisotopic (exact) mass is 659 g/mol. The van der Waals surface area contributed by atoms with E-state index in [1.54, 1.807) is 18.2 Å². The molecule has 2 amide bonds. The molecule has 1 aliphatic heterocycles. The van der Waals surface area contributed by atoms with Gasteiger partial charge in [0.25, 0.3) is 11.8 Å². The number of fused-ring (bicyclic) bond motifs is 5. The second kappa shape index (κ2) is 14.3. The highest BCUT2D eigenvalue weighted by Crippen LogP contribution is 2.58. The first-order valence-electron chi connectivity index (χ1n) is 14.6. The van der Waals surface area contributed by atoms with Crippen molar-refractivity contribution in [1.82, 2.24) is 19.7 Å². The van der Waals surface area contributed by atoms with Crippen LogP contribution >= 0.6 is 12.4 Å². The molecule has 14 nitrogen and oxygen atoms in total. The van der Waals surface area contributed by atoms with E-state index in [-0.39, 0.29) is 79.3 Å². The van der Waals surface area contributed by atoms with E-state index >= 15 is 0 Å². The van der Waals surface area contributed by atoms with Gasteiger partial charge in [-0.2, -0.15) is 4.98 Å². The summed E-state index contributed by atoms with van der Waals surface area (Å²) >= 11 is 0. The Morgan fingerprint density at radius 1 is 1.15 bits per heavy atom. The minimum Gasteiger partial charge on any atom is -0.482 e. The topological polar surface area (TPSA) is 213 Å². The normalized spacial score (nSPS) is 21.5. The number of rotatable bonds is 7. The molecule has 3 aliphatic carbocycles. The number of esters is 1. The highest BCUT2D eigenvalue weighted by atomic mass is 35.5. The van der Waals surface area contributed by atoms with Crippen molar-refractivity contribution in [3.63, 3.8) is 0 Å². The molecule has 0 radical (unpaired) electrons. The van der Waals surface area contributed by atoms with Gasteiger partial charge in [0.1, 0.15) is 23.0 Å². The smallest absolute Gasteiger partial charge is 0.353 e. The summed E-state index contributed by atoms with van der Waals surface area (Å²) in [6.07, 6.45) is 7.56. The Hall–Kier alpha value is -4.43. The van der Waals surface area contributed by atoms with Gasteiger partial charge < -0.3 is 36.7 Å². The Morgan fingerprint density at radius 2 is 1.83 bits per heavy atom. The zero-order valence-electron chi connectivity index (χ0n) is 25.1. The van der Waals surface area contributed by atoms with Crippen molar-refractivity contribution in [2.45, 2.75) is 72.4 Å². The number of carbonyl (C=O) groups excluding carboxylic acids is 3. The second-order valence-electron chi connectivity index (χ2n) is 11.7. The van der Waals surface area contributed by atoms with Gasteiger partial charge in [0.15, 0.2) is 6.61 Å². The summed E-state index contributed by atoms with van der Waals surface area (Å²) in [5.74, 6) is -1.40. The van der Waals surface area contributed by atoms with Gasteiger partial charge in [0.2, 0.25) is 5.78 Å². The van der Waals surface area contributed by atoms with Crippen LogP contribution in [0.15, 0.2) is 30.5 Å². The lowest BCUT2D eigenvalue weighted by atomic mass is 9.52. The third-order valence-electron chi connectivity index (χ3n) is 9.02. The first-order chi connectivity index (χ1) is 20.9. The van der Waals surface area contributed by atoms with Crippen LogP contribution < -0.4 is 26.8 Å². The third-order valence-corrected chi connectivity index (χ3v) is 9.02. The maximum absolute atomic E-state index is 12.5. The average molecular weight is 660 g/mol. The fourth-order valence-corrected chi connectivity index (χ4v) is 6.27. The zero-order valence-corrected chi connectivity index (χ0v) is 25.9. The fraction of sp³-hybridized carbons (Fsp3) is 0.484. The Morgan fingerprint density at radius 3 is 2.43 bits per heavy atom. The van der Waals surface area contributed by atoms with Crippen LogP contribution in [0.1, 0.15) is 86.3 Å². The molecule has 15 heteroatoms. The first kappa shape index (κ1) is 36.0. The maximum atomic E-state index is 12.5. The molecule has 3 fully saturated rings. The van der Waals surface area contributed by atoms with Crippen LogP contribution in [0.5, 0.6) is 5.75 Å². The van der Waals surface area contributed by atoms with E-state index in [1.165, 1.54) is 10.6 Å². The molecule has 1 unspecified atom stereocenters. The van der Waals surface area contributed by atoms with Crippen molar-refractivity contribution in [2.75, 3.05) is 24.3 Å². The molecule has 0 spiro atoms. The number of nitrogens with zero attached hydrogens (tertiary/aromatic N) is 3. The number of nitrogen functional groups attached to an aromatic ring is 1. The van der Waals surface area contributed by atoms with Crippen LogP contribution in [0.25, 0.3) is 5.78 Å². The minimum absolute atomic E-state index is 0. The van der Waals surface area contributed by atoms with Gasteiger partial charge in [0, 0.05) is 18.7 Å². The number of carboxylic acid groups (broad SMARTS) is 1. The molecular formula is C31H42ClN7O7. The molecule has 46 heavy (non-hydrogen) atoms. The van der Waals surface area contributed by atoms with Crippen molar-refractivity contribution in [3.05, 3.63) is 47.4 Å². The molecule has 1 aromatic carbocycles. The van der Waals surface area contributed by atoms with Crippen LogP contribution in [-0.2, 0) is 20.9 Å². The van der Waals surface area contributed by atoms with Gasteiger partial charge in [0.05, 0.1) is 23.9 Å². The van der Waals surface area contributed by atoms with E-state index in [2.05, 4.69) is 27.5 Å². The SMILES string of the molecule is C.CCOC(=O)C12CCC(C(C)N)(CC1)CC2.Cl.Nc1cn2c(C(=O)O)cc(C(=O)NCc3ccc4c(c3)NC(=O)CO4)nc2n1. The van der Waals surface area contributed by atoms with E-state index in [1.807, 2.05) is 6.92 Å². The zero-order chi connectivity index (χ0) is 31.6. The number of amides is 2. The minimum atomic E-state index is -1.25. The number of halogens is 1. The molecule has 3 aromatic rings. The number of aromatic nitrogens is 3. The molecular weight excluding hydrogens is 618 g/mol. The summed E-state index contributed by atoms with van der Waals surface area (Å²) in [6, 6.07) is 6.52. The van der Waals surface area contributed by atoms with Crippen LogP contribution in [0.3, 0.4) is 0 Å². The lowest BCUT2D eigenvalue weighted by Crippen LogP contribution is -2.52. The predicted octanol–water partition coefficient (Wildman–Crippen LogP) is 3.57. The van der Waals surface area contributed by atoms with Gasteiger partial charge in [-0.15, -0.1) is 12.4 Å². The number of carbonyl (C=O) groups is 4. The Balaban J connectivity index is 0.000000275. The molecule has 4 aliphatic rings. The van der Waals surface area contributed by atoms with Crippen molar-refractivity contribution in [3.8, 4) is 5.75 Å². The van der Waals surface area contributed by atoms with Crippen LogP contribution in [0.2, 0.25) is 0 Å².